The minimum absolute atomic E-state index is 0.0574. The first kappa shape index (κ1) is 14.5. The molecule has 3 nitrogen and oxygen atoms in total. The summed E-state index contributed by atoms with van der Waals surface area (Å²) in [6, 6.07) is 4.46. The molecule has 1 aromatic carbocycles. The van der Waals surface area contributed by atoms with Gasteiger partial charge in [0.25, 0.3) is 0 Å². The van der Waals surface area contributed by atoms with E-state index in [-0.39, 0.29) is 17.8 Å². The van der Waals surface area contributed by atoms with E-state index >= 15 is 0 Å². The average molecular weight is 252 g/mol. The second kappa shape index (κ2) is 6.38. The van der Waals surface area contributed by atoms with Crippen LogP contribution in [0, 0.1) is 12.7 Å². The summed E-state index contributed by atoms with van der Waals surface area (Å²) < 4.78 is 13.1. The molecule has 0 saturated heterocycles. The Bertz CT molecular complexity index is 416. The largest absolute Gasteiger partial charge is 0.374 e. The lowest BCUT2D eigenvalue weighted by atomic mass is 10.2. The normalized spacial score (nSPS) is 12.1. The van der Waals surface area contributed by atoms with E-state index in [1.807, 2.05) is 20.8 Å². The number of hydrogen-bond acceptors (Lipinski definition) is 2. The van der Waals surface area contributed by atoms with Gasteiger partial charge in [0.1, 0.15) is 11.9 Å². The van der Waals surface area contributed by atoms with Crippen molar-refractivity contribution in [3.63, 3.8) is 0 Å². The number of benzene rings is 1. The molecule has 1 N–H and O–H groups in total. The Morgan fingerprint density at radius 3 is 2.50 bits per heavy atom. The number of aryl methyl sites for hydroxylation is 1. The van der Waals surface area contributed by atoms with Crippen molar-refractivity contribution >= 4 is 11.6 Å². The fourth-order valence-electron chi connectivity index (χ4n) is 1.86. The van der Waals surface area contributed by atoms with Crippen molar-refractivity contribution < 1.29 is 9.18 Å². The van der Waals surface area contributed by atoms with Crippen LogP contribution in [0.2, 0.25) is 0 Å². The molecule has 0 heterocycles. The smallest absolute Gasteiger partial charge is 0.244 e. The highest BCUT2D eigenvalue weighted by atomic mass is 19.1. The number of anilines is 1. The Kier molecular flexibility index (Phi) is 5.13. The van der Waals surface area contributed by atoms with Crippen LogP contribution in [0.25, 0.3) is 0 Å². The summed E-state index contributed by atoms with van der Waals surface area (Å²) in [5.74, 6) is -0.176. The van der Waals surface area contributed by atoms with Crippen molar-refractivity contribution in [2.24, 2.45) is 0 Å². The van der Waals surface area contributed by atoms with Crippen molar-refractivity contribution in [2.45, 2.75) is 33.7 Å². The molecule has 0 bridgehead atoms. The highest BCUT2D eigenvalue weighted by molar-refractivity contribution is 5.84. The zero-order valence-electron chi connectivity index (χ0n) is 11.5. The molecule has 0 saturated carbocycles. The van der Waals surface area contributed by atoms with Crippen molar-refractivity contribution in [2.75, 3.05) is 18.4 Å². The minimum atomic E-state index is -0.310. The van der Waals surface area contributed by atoms with E-state index in [2.05, 4.69) is 5.32 Å². The van der Waals surface area contributed by atoms with E-state index in [4.69, 9.17) is 0 Å². The van der Waals surface area contributed by atoms with Gasteiger partial charge in [-0.3, -0.25) is 4.79 Å². The van der Waals surface area contributed by atoms with Crippen LogP contribution in [0.3, 0.4) is 0 Å². The van der Waals surface area contributed by atoms with Gasteiger partial charge in [-0.1, -0.05) is 0 Å². The summed E-state index contributed by atoms with van der Waals surface area (Å²) in [5.41, 5.74) is 1.34. The van der Waals surface area contributed by atoms with Gasteiger partial charge in [0, 0.05) is 18.8 Å². The van der Waals surface area contributed by atoms with Crippen LogP contribution in [0.15, 0.2) is 18.2 Å². The molecular formula is C14H21FN2O. The molecule has 1 aromatic rings. The number of likely N-dealkylation sites (N-methyl/N-ethyl adjacent to an activating group) is 1. The van der Waals surface area contributed by atoms with E-state index < -0.39 is 0 Å². The third-order valence-electron chi connectivity index (χ3n) is 2.99. The number of carbonyl (C=O) groups excluding carboxylic acids is 1. The monoisotopic (exact) mass is 252 g/mol. The lowest BCUT2D eigenvalue weighted by Gasteiger charge is -2.24. The Labute approximate surface area is 108 Å². The maximum Gasteiger partial charge on any atom is 0.244 e. The van der Waals surface area contributed by atoms with Gasteiger partial charge in [0.05, 0.1) is 0 Å². The van der Waals surface area contributed by atoms with Gasteiger partial charge < -0.3 is 10.2 Å². The average Bonchev–Trinajstić information content (AvgIpc) is 2.35. The fraction of sp³-hybridized carbons (Fsp3) is 0.500. The topological polar surface area (TPSA) is 32.3 Å². The molecule has 0 aliphatic rings. The number of nitrogens with zero attached hydrogens (tertiary/aromatic N) is 1. The van der Waals surface area contributed by atoms with Crippen LogP contribution in [0.4, 0.5) is 10.1 Å². The molecule has 100 valence electrons. The Morgan fingerprint density at radius 2 is 2.00 bits per heavy atom. The lowest BCUT2D eigenvalue weighted by Crippen LogP contribution is -2.41. The third kappa shape index (κ3) is 3.45. The number of rotatable bonds is 5. The predicted molar refractivity (Wildman–Crippen MR) is 72.1 cm³/mol. The van der Waals surface area contributed by atoms with Crippen molar-refractivity contribution in [1.29, 1.82) is 0 Å². The van der Waals surface area contributed by atoms with Crippen LogP contribution in [-0.2, 0) is 4.79 Å². The molecule has 0 aliphatic heterocycles. The van der Waals surface area contributed by atoms with Crippen LogP contribution >= 0.6 is 0 Å². The molecule has 0 fully saturated rings. The molecule has 1 atom stereocenters. The fourth-order valence-corrected chi connectivity index (χ4v) is 1.86. The standard InChI is InChI=1S/C14H21FN2O/c1-5-17(6-2)14(18)11(4)16-12-7-8-13(15)10(3)9-12/h7-9,11,16H,5-6H2,1-4H3. The van der Waals surface area contributed by atoms with Crippen LogP contribution in [0.1, 0.15) is 26.3 Å². The highest BCUT2D eigenvalue weighted by Gasteiger charge is 2.17. The summed E-state index contributed by atoms with van der Waals surface area (Å²) >= 11 is 0. The zero-order chi connectivity index (χ0) is 13.7. The molecule has 4 heteroatoms. The highest BCUT2D eigenvalue weighted by Crippen LogP contribution is 2.15. The molecule has 0 radical (unpaired) electrons. The van der Waals surface area contributed by atoms with Gasteiger partial charge in [-0.15, -0.1) is 0 Å². The first-order valence-corrected chi connectivity index (χ1v) is 6.31. The summed E-state index contributed by atoms with van der Waals surface area (Å²) in [5, 5.41) is 3.10. The Balaban J connectivity index is 2.71. The number of hydrogen-bond donors (Lipinski definition) is 1. The van der Waals surface area contributed by atoms with Crippen molar-refractivity contribution in [3.05, 3.63) is 29.6 Å². The molecular weight excluding hydrogens is 231 g/mol. The molecule has 0 aliphatic carbocycles. The molecule has 18 heavy (non-hydrogen) atoms. The molecule has 1 unspecified atom stereocenters. The second-order valence-electron chi connectivity index (χ2n) is 4.34. The summed E-state index contributed by atoms with van der Waals surface area (Å²) in [6.45, 7) is 8.83. The van der Waals surface area contributed by atoms with E-state index in [1.54, 1.807) is 24.0 Å². The van der Waals surface area contributed by atoms with Crippen LogP contribution in [0.5, 0.6) is 0 Å². The number of halogens is 1. The van der Waals surface area contributed by atoms with E-state index in [9.17, 15) is 9.18 Å². The van der Waals surface area contributed by atoms with Gasteiger partial charge in [0.15, 0.2) is 0 Å². The minimum Gasteiger partial charge on any atom is -0.374 e. The molecule has 0 aromatic heterocycles. The SMILES string of the molecule is CCN(CC)C(=O)C(C)Nc1ccc(F)c(C)c1. The van der Waals surface area contributed by atoms with Gasteiger partial charge in [-0.05, 0) is 51.5 Å². The number of carbonyl (C=O) groups is 1. The first-order chi connectivity index (χ1) is 8.49. The maximum atomic E-state index is 13.1. The van der Waals surface area contributed by atoms with E-state index in [0.717, 1.165) is 5.69 Å². The lowest BCUT2D eigenvalue weighted by molar-refractivity contribution is -0.131. The van der Waals surface area contributed by atoms with Gasteiger partial charge in [-0.25, -0.2) is 4.39 Å². The van der Waals surface area contributed by atoms with E-state index in [1.165, 1.54) is 6.07 Å². The zero-order valence-corrected chi connectivity index (χ0v) is 11.5. The molecule has 0 spiro atoms. The van der Waals surface area contributed by atoms with E-state index in [0.29, 0.717) is 18.7 Å². The first-order valence-electron chi connectivity index (χ1n) is 6.31. The summed E-state index contributed by atoms with van der Waals surface area (Å²) in [6.07, 6.45) is 0. The van der Waals surface area contributed by atoms with Crippen LogP contribution in [-0.4, -0.2) is 29.9 Å². The second-order valence-corrected chi connectivity index (χ2v) is 4.34. The van der Waals surface area contributed by atoms with Gasteiger partial charge in [0.2, 0.25) is 5.91 Å². The molecule has 1 rings (SSSR count). The van der Waals surface area contributed by atoms with Crippen molar-refractivity contribution in [1.82, 2.24) is 4.90 Å². The Morgan fingerprint density at radius 1 is 1.39 bits per heavy atom. The predicted octanol–water partition coefficient (Wildman–Crippen LogP) is 2.80. The Hall–Kier alpha value is -1.58. The number of amides is 1. The molecule has 1 amide bonds. The van der Waals surface area contributed by atoms with Crippen molar-refractivity contribution in [3.8, 4) is 0 Å². The third-order valence-corrected chi connectivity index (χ3v) is 2.99. The van der Waals surface area contributed by atoms with Crippen LogP contribution < -0.4 is 5.32 Å². The van der Waals surface area contributed by atoms with Gasteiger partial charge in [-0.2, -0.15) is 0 Å². The van der Waals surface area contributed by atoms with Gasteiger partial charge >= 0.3 is 0 Å². The summed E-state index contributed by atoms with van der Waals surface area (Å²) in [7, 11) is 0. The maximum absolute atomic E-state index is 13.1. The number of nitrogens with one attached hydrogen (secondary N) is 1. The quantitative estimate of drug-likeness (QED) is 0.874. The summed E-state index contributed by atoms with van der Waals surface area (Å²) in [4.78, 5) is 13.8.